The van der Waals surface area contributed by atoms with E-state index in [4.69, 9.17) is 4.74 Å². The molecule has 0 atom stereocenters. The molecule has 0 spiro atoms. The molecule has 9 nitrogen and oxygen atoms in total. The molecular weight excluding hydrogens is 400 g/mol. The van der Waals surface area contributed by atoms with Crippen LogP contribution < -0.4 is 5.32 Å². The van der Waals surface area contributed by atoms with Crippen molar-refractivity contribution in [3.05, 3.63) is 70.3 Å². The van der Waals surface area contributed by atoms with Gasteiger partial charge >= 0.3 is 0 Å². The first kappa shape index (κ1) is 21.8. The fraction of sp³-hybridized carbons (Fsp3) is 0.227. The van der Waals surface area contributed by atoms with Crippen LogP contribution in [0.1, 0.15) is 23.7 Å². The number of phenols is 1. The number of nitrogens with zero attached hydrogens (tertiary/aromatic N) is 3. The van der Waals surface area contributed by atoms with E-state index in [2.05, 4.69) is 15.5 Å². The van der Waals surface area contributed by atoms with Crippen LogP contribution in [0.25, 0.3) is 10.8 Å². The van der Waals surface area contributed by atoms with E-state index in [1.54, 1.807) is 36.4 Å². The number of ether oxygens (including phenoxy) is 1. The van der Waals surface area contributed by atoms with Gasteiger partial charge in [0.2, 0.25) is 0 Å². The summed E-state index contributed by atoms with van der Waals surface area (Å²) in [5.41, 5.74) is -0.0534. The van der Waals surface area contributed by atoms with Gasteiger partial charge in [0.1, 0.15) is 5.69 Å². The van der Waals surface area contributed by atoms with Gasteiger partial charge in [0.25, 0.3) is 11.6 Å². The molecule has 0 heterocycles. The van der Waals surface area contributed by atoms with Crippen molar-refractivity contribution < 1.29 is 19.6 Å². The SMILES string of the molecule is CCOCCCNC(=O)c1cc2ccccc2c(N=Nc2ccccc2[N+](=O)[O-])c1O. The smallest absolute Gasteiger partial charge is 0.296 e. The van der Waals surface area contributed by atoms with E-state index in [9.17, 15) is 20.0 Å². The minimum atomic E-state index is -0.557. The van der Waals surface area contributed by atoms with Crippen molar-refractivity contribution in [3.63, 3.8) is 0 Å². The Kier molecular flexibility index (Phi) is 7.23. The van der Waals surface area contributed by atoms with Crippen molar-refractivity contribution in [2.24, 2.45) is 10.2 Å². The first-order valence-corrected chi connectivity index (χ1v) is 9.78. The third-order valence-corrected chi connectivity index (χ3v) is 4.53. The topological polar surface area (TPSA) is 126 Å². The molecule has 160 valence electrons. The highest BCUT2D eigenvalue weighted by Gasteiger charge is 2.19. The molecule has 3 rings (SSSR count). The first-order valence-electron chi connectivity index (χ1n) is 9.78. The average Bonchev–Trinajstić information content (AvgIpc) is 2.78. The Labute approximate surface area is 178 Å². The molecular formula is C22H22N4O5. The lowest BCUT2D eigenvalue weighted by Crippen LogP contribution is -2.25. The Morgan fingerprint density at radius 3 is 2.68 bits per heavy atom. The monoisotopic (exact) mass is 422 g/mol. The molecule has 2 N–H and O–H groups in total. The summed E-state index contributed by atoms with van der Waals surface area (Å²) in [6.07, 6.45) is 0.637. The number of carbonyl (C=O) groups excluding carboxylic acids is 1. The lowest BCUT2D eigenvalue weighted by molar-refractivity contribution is -0.384. The molecule has 0 saturated heterocycles. The van der Waals surface area contributed by atoms with Crippen LogP contribution in [0.15, 0.2) is 64.8 Å². The lowest BCUT2D eigenvalue weighted by atomic mass is 10.0. The van der Waals surface area contributed by atoms with Gasteiger partial charge in [-0.2, -0.15) is 0 Å². The van der Waals surface area contributed by atoms with Crippen LogP contribution in [0.3, 0.4) is 0 Å². The van der Waals surface area contributed by atoms with E-state index in [0.29, 0.717) is 37.0 Å². The van der Waals surface area contributed by atoms with Gasteiger partial charge in [0, 0.05) is 31.2 Å². The van der Waals surface area contributed by atoms with Gasteiger partial charge in [-0.05, 0) is 30.9 Å². The number of nitro groups is 1. The lowest BCUT2D eigenvalue weighted by Gasteiger charge is -2.11. The summed E-state index contributed by atoms with van der Waals surface area (Å²) in [5.74, 6) is -0.801. The Hall–Kier alpha value is -3.85. The highest BCUT2D eigenvalue weighted by atomic mass is 16.6. The maximum absolute atomic E-state index is 12.6. The van der Waals surface area contributed by atoms with E-state index >= 15 is 0 Å². The summed E-state index contributed by atoms with van der Waals surface area (Å²) < 4.78 is 5.25. The van der Waals surface area contributed by atoms with E-state index in [0.717, 1.165) is 0 Å². The molecule has 0 unspecified atom stereocenters. The Bertz CT molecular complexity index is 1130. The fourth-order valence-corrected chi connectivity index (χ4v) is 3.01. The Balaban J connectivity index is 1.97. The minimum absolute atomic E-state index is 0.0433. The van der Waals surface area contributed by atoms with Crippen LogP contribution in [-0.4, -0.2) is 35.7 Å². The van der Waals surface area contributed by atoms with Gasteiger partial charge in [0.05, 0.1) is 10.5 Å². The standard InChI is InChI=1S/C22H22N4O5/c1-2-31-13-7-12-23-22(28)17-14-15-8-3-4-9-16(15)20(21(17)27)25-24-18-10-5-6-11-19(18)26(29)30/h3-6,8-11,14,27H,2,7,12-13H2,1H3,(H,23,28). The number of azo groups is 1. The number of carbonyl (C=O) groups is 1. The van der Waals surface area contributed by atoms with Crippen molar-refractivity contribution in [2.45, 2.75) is 13.3 Å². The number of para-hydroxylation sites is 1. The molecule has 0 aliphatic rings. The molecule has 3 aromatic rings. The highest BCUT2D eigenvalue weighted by Crippen LogP contribution is 2.40. The normalized spacial score (nSPS) is 11.1. The van der Waals surface area contributed by atoms with Gasteiger partial charge in [-0.25, -0.2) is 0 Å². The van der Waals surface area contributed by atoms with E-state index in [1.807, 2.05) is 6.92 Å². The molecule has 1 amide bonds. The van der Waals surface area contributed by atoms with Crippen LogP contribution in [0.4, 0.5) is 17.1 Å². The molecule has 0 bridgehead atoms. The number of nitrogens with one attached hydrogen (secondary N) is 1. The van der Waals surface area contributed by atoms with Crippen LogP contribution >= 0.6 is 0 Å². The van der Waals surface area contributed by atoms with Crippen LogP contribution in [0.2, 0.25) is 0 Å². The number of fused-ring (bicyclic) bond motifs is 1. The summed E-state index contributed by atoms with van der Waals surface area (Å²) in [4.78, 5) is 23.3. The number of hydrogen-bond acceptors (Lipinski definition) is 7. The van der Waals surface area contributed by atoms with Gasteiger partial charge in [-0.15, -0.1) is 10.2 Å². The van der Waals surface area contributed by atoms with E-state index in [1.165, 1.54) is 18.2 Å². The zero-order chi connectivity index (χ0) is 22.2. The van der Waals surface area contributed by atoms with Crippen LogP contribution in [0.5, 0.6) is 5.75 Å². The summed E-state index contributed by atoms with van der Waals surface area (Å²) in [7, 11) is 0. The molecule has 0 fully saturated rings. The quantitative estimate of drug-likeness (QED) is 0.216. The van der Waals surface area contributed by atoms with Crippen molar-refractivity contribution >= 4 is 33.7 Å². The molecule has 0 aliphatic carbocycles. The van der Waals surface area contributed by atoms with Crippen LogP contribution in [0, 0.1) is 10.1 Å². The van der Waals surface area contributed by atoms with Crippen LogP contribution in [-0.2, 0) is 4.74 Å². The first-order chi connectivity index (χ1) is 15.0. The maximum Gasteiger partial charge on any atom is 0.296 e. The molecule has 31 heavy (non-hydrogen) atoms. The summed E-state index contributed by atoms with van der Waals surface area (Å²) in [6.45, 7) is 3.41. The summed E-state index contributed by atoms with van der Waals surface area (Å²) >= 11 is 0. The highest BCUT2D eigenvalue weighted by molar-refractivity contribution is 6.06. The molecule has 9 heteroatoms. The number of aromatic hydroxyl groups is 1. The number of benzene rings is 3. The number of rotatable bonds is 9. The second-order valence-corrected chi connectivity index (χ2v) is 6.59. The maximum atomic E-state index is 12.6. The van der Waals surface area contributed by atoms with Gasteiger partial charge < -0.3 is 15.2 Å². The number of nitro benzene ring substituents is 1. The van der Waals surface area contributed by atoms with Gasteiger partial charge in [0.15, 0.2) is 11.4 Å². The summed E-state index contributed by atoms with van der Waals surface area (Å²) in [6, 6.07) is 14.6. The predicted molar refractivity (Wildman–Crippen MR) is 116 cm³/mol. The molecule has 0 aliphatic heterocycles. The average molecular weight is 422 g/mol. The minimum Gasteiger partial charge on any atom is -0.505 e. The van der Waals surface area contributed by atoms with E-state index < -0.39 is 10.8 Å². The van der Waals surface area contributed by atoms with Crippen molar-refractivity contribution in [1.82, 2.24) is 5.32 Å². The predicted octanol–water partition coefficient (Wildman–Crippen LogP) is 5.03. The largest absolute Gasteiger partial charge is 0.505 e. The number of phenolic OH excluding ortho intramolecular Hbond substituents is 1. The molecule has 0 aromatic heterocycles. The van der Waals surface area contributed by atoms with Gasteiger partial charge in [-0.3, -0.25) is 14.9 Å². The Morgan fingerprint density at radius 2 is 1.90 bits per heavy atom. The molecule has 3 aromatic carbocycles. The van der Waals surface area contributed by atoms with Crippen molar-refractivity contribution in [1.29, 1.82) is 0 Å². The second kappa shape index (κ2) is 10.3. The third kappa shape index (κ3) is 5.20. The number of hydrogen-bond donors (Lipinski definition) is 2. The molecule has 0 saturated carbocycles. The zero-order valence-electron chi connectivity index (χ0n) is 16.9. The van der Waals surface area contributed by atoms with Crippen molar-refractivity contribution in [2.75, 3.05) is 19.8 Å². The Morgan fingerprint density at radius 1 is 1.16 bits per heavy atom. The van der Waals surface area contributed by atoms with E-state index in [-0.39, 0.29) is 28.4 Å². The zero-order valence-corrected chi connectivity index (χ0v) is 16.9. The van der Waals surface area contributed by atoms with Gasteiger partial charge in [-0.1, -0.05) is 36.4 Å². The fourth-order valence-electron chi connectivity index (χ4n) is 3.01. The third-order valence-electron chi connectivity index (χ3n) is 4.53. The number of amides is 1. The second-order valence-electron chi connectivity index (χ2n) is 6.59. The molecule has 0 radical (unpaired) electrons. The summed E-state index contributed by atoms with van der Waals surface area (Å²) in [5, 5.41) is 34.0. The van der Waals surface area contributed by atoms with Crippen molar-refractivity contribution in [3.8, 4) is 5.75 Å².